The summed E-state index contributed by atoms with van der Waals surface area (Å²) in [6.45, 7) is 6.62. The topological polar surface area (TPSA) is 152 Å². The quantitative estimate of drug-likeness (QED) is 0.386. The van der Waals surface area contributed by atoms with Gasteiger partial charge in [0.1, 0.15) is 12.1 Å². The van der Waals surface area contributed by atoms with Crippen LogP contribution in [0.1, 0.15) is 44.5 Å². The molecule has 2 heterocycles. The van der Waals surface area contributed by atoms with Gasteiger partial charge in [0, 0.05) is 13.0 Å². The van der Waals surface area contributed by atoms with Gasteiger partial charge in [-0.3, -0.25) is 9.59 Å². The van der Waals surface area contributed by atoms with Crippen molar-refractivity contribution in [2.45, 2.75) is 58.3 Å². The lowest BCUT2D eigenvalue weighted by molar-refractivity contribution is -0.142. The van der Waals surface area contributed by atoms with Crippen molar-refractivity contribution in [3.05, 3.63) is 41.0 Å². The minimum absolute atomic E-state index is 0.0171. The van der Waals surface area contributed by atoms with E-state index in [4.69, 9.17) is 0 Å². The van der Waals surface area contributed by atoms with E-state index in [1.807, 2.05) is 31.2 Å². The molecule has 0 radical (unpaired) electrons. The van der Waals surface area contributed by atoms with Crippen LogP contribution in [-0.2, 0) is 9.59 Å². The average molecular weight is 505 g/mol. The van der Waals surface area contributed by atoms with Gasteiger partial charge in [0.05, 0.1) is 34.8 Å². The Labute approximate surface area is 208 Å². The van der Waals surface area contributed by atoms with Crippen molar-refractivity contribution >= 4 is 29.2 Å². The van der Waals surface area contributed by atoms with E-state index in [2.05, 4.69) is 15.6 Å². The number of β-amino-alcohol motifs (C(OH)–C–C–N with tert-alkyl or cyclic N) is 1. The second-order valence-corrected chi connectivity index (χ2v) is 10.6. The molecule has 1 saturated heterocycles. The van der Waals surface area contributed by atoms with Crippen LogP contribution in [0.25, 0.3) is 10.4 Å². The molecule has 4 atom stereocenters. The van der Waals surface area contributed by atoms with Gasteiger partial charge < -0.3 is 30.9 Å². The van der Waals surface area contributed by atoms with Crippen LogP contribution < -0.4 is 10.6 Å². The summed E-state index contributed by atoms with van der Waals surface area (Å²) in [7, 11) is 0. The van der Waals surface area contributed by atoms with Crippen LogP contribution in [0.5, 0.6) is 0 Å². The molecule has 35 heavy (non-hydrogen) atoms. The molecular weight excluding hydrogens is 472 g/mol. The second-order valence-electron chi connectivity index (χ2n) is 9.78. The van der Waals surface area contributed by atoms with Crippen LogP contribution in [0.15, 0.2) is 29.8 Å². The Morgan fingerprint density at radius 3 is 2.37 bits per heavy atom. The molecule has 190 valence electrons. The van der Waals surface area contributed by atoms with Gasteiger partial charge in [-0.1, -0.05) is 45.0 Å². The van der Waals surface area contributed by atoms with Crippen LogP contribution in [0.2, 0.25) is 0 Å². The highest BCUT2D eigenvalue weighted by Gasteiger charge is 2.44. The Morgan fingerprint density at radius 2 is 1.86 bits per heavy atom. The smallest absolute Gasteiger partial charge is 0.405 e. The van der Waals surface area contributed by atoms with E-state index in [-0.39, 0.29) is 19.6 Å². The number of amides is 3. The van der Waals surface area contributed by atoms with E-state index in [9.17, 15) is 29.7 Å². The van der Waals surface area contributed by atoms with Crippen LogP contribution in [0.3, 0.4) is 0 Å². The van der Waals surface area contributed by atoms with E-state index in [0.29, 0.717) is 5.56 Å². The highest BCUT2D eigenvalue weighted by molar-refractivity contribution is 7.13. The fraction of sp³-hybridized carbons (Fsp3) is 0.500. The summed E-state index contributed by atoms with van der Waals surface area (Å²) in [5, 5.41) is 34.4. The number of carbonyl (C=O) groups excluding carboxylic acids is 2. The number of rotatable bonds is 7. The number of aromatic nitrogens is 1. The Hall–Kier alpha value is -3.02. The number of hydrogen-bond donors (Lipinski definition) is 5. The molecule has 0 bridgehead atoms. The molecule has 2 aromatic rings. The lowest BCUT2D eigenvalue weighted by Gasteiger charge is -2.35. The molecule has 1 aliphatic heterocycles. The second kappa shape index (κ2) is 10.7. The summed E-state index contributed by atoms with van der Waals surface area (Å²) in [4.78, 5) is 44.2. The molecule has 1 aliphatic rings. The van der Waals surface area contributed by atoms with Crippen LogP contribution in [-0.4, -0.2) is 74.5 Å². The van der Waals surface area contributed by atoms with Crippen LogP contribution in [0, 0.1) is 12.3 Å². The van der Waals surface area contributed by atoms with Gasteiger partial charge in [-0.05, 0) is 23.5 Å². The normalized spacial score (nSPS) is 19.8. The lowest BCUT2D eigenvalue weighted by atomic mass is 9.85. The van der Waals surface area contributed by atoms with E-state index in [0.717, 1.165) is 16.1 Å². The number of nitrogens with zero attached hydrogens (tertiary/aromatic N) is 2. The lowest BCUT2D eigenvalue weighted by Crippen LogP contribution is -2.57. The first-order valence-electron chi connectivity index (χ1n) is 11.3. The molecule has 3 amide bonds. The van der Waals surface area contributed by atoms with Gasteiger partial charge in [0.15, 0.2) is 0 Å². The fourth-order valence-electron chi connectivity index (χ4n) is 4.19. The number of nitrogens with one attached hydrogen (secondary N) is 2. The molecule has 11 heteroatoms. The number of aliphatic hydroxyl groups excluding tert-OH is 2. The van der Waals surface area contributed by atoms with Crippen LogP contribution >= 0.6 is 11.3 Å². The number of aryl methyl sites for hydroxylation is 1. The maximum atomic E-state index is 13.2. The molecular formula is C24H32N4O6S. The number of likely N-dealkylation sites (tertiary alicyclic amines) is 1. The van der Waals surface area contributed by atoms with E-state index in [1.54, 1.807) is 26.3 Å². The Balaban J connectivity index is 1.76. The number of benzene rings is 1. The van der Waals surface area contributed by atoms with Gasteiger partial charge in [-0.2, -0.15) is 0 Å². The predicted molar refractivity (Wildman–Crippen MR) is 131 cm³/mol. The van der Waals surface area contributed by atoms with Crippen molar-refractivity contribution < 1.29 is 29.7 Å². The zero-order chi connectivity index (χ0) is 25.9. The molecule has 0 saturated carbocycles. The van der Waals surface area contributed by atoms with Crippen LogP contribution in [0.4, 0.5) is 4.79 Å². The Kier molecular flexibility index (Phi) is 8.14. The summed E-state index contributed by atoms with van der Waals surface area (Å²) in [6, 6.07) is 4.60. The van der Waals surface area contributed by atoms with Gasteiger partial charge in [0.25, 0.3) is 0 Å². The van der Waals surface area contributed by atoms with E-state index in [1.165, 1.54) is 16.2 Å². The summed E-state index contributed by atoms with van der Waals surface area (Å²) in [5.41, 5.74) is 3.60. The van der Waals surface area contributed by atoms with Crippen molar-refractivity contribution in [1.29, 1.82) is 0 Å². The summed E-state index contributed by atoms with van der Waals surface area (Å²) < 4.78 is 0. The number of carbonyl (C=O) groups is 3. The zero-order valence-electron chi connectivity index (χ0n) is 20.2. The summed E-state index contributed by atoms with van der Waals surface area (Å²) >= 11 is 1.53. The zero-order valence-corrected chi connectivity index (χ0v) is 21.0. The minimum atomic E-state index is -1.35. The fourth-order valence-corrected chi connectivity index (χ4v) is 5.00. The van der Waals surface area contributed by atoms with Crippen molar-refractivity contribution in [3.63, 3.8) is 0 Å². The largest absolute Gasteiger partial charge is 0.465 e. The molecule has 5 N–H and O–H groups in total. The van der Waals surface area contributed by atoms with Crippen molar-refractivity contribution in [3.8, 4) is 10.4 Å². The van der Waals surface area contributed by atoms with E-state index >= 15 is 0 Å². The molecule has 3 rings (SSSR count). The SMILES string of the molecule is Cc1ncsc1-c1ccc([C@@H](CO)NC(=O)[C@@H]2C[C@@H](O)CN2C(=O)[C@@H](NC(=O)O)C(C)(C)C)cc1. The Bertz CT molecular complexity index is 1060. The minimum Gasteiger partial charge on any atom is -0.465 e. The maximum absolute atomic E-state index is 13.2. The predicted octanol–water partition coefficient (Wildman–Crippen LogP) is 1.91. The maximum Gasteiger partial charge on any atom is 0.405 e. The molecule has 1 fully saturated rings. The third-order valence-electron chi connectivity index (χ3n) is 6.07. The monoisotopic (exact) mass is 504 g/mol. The van der Waals surface area contributed by atoms with Gasteiger partial charge >= 0.3 is 6.09 Å². The molecule has 0 spiro atoms. The van der Waals surface area contributed by atoms with Gasteiger partial charge in [0.2, 0.25) is 11.8 Å². The molecule has 0 aliphatic carbocycles. The van der Waals surface area contributed by atoms with Crippen molar-refractivity contribution in [1.82, 2.24) is 20.5 Å². The highest BCUT2D eigenvalue weighted by Crippen LogP contribution is 2.29. The van der Waals surface area contributed by atoms with Crippen molar-refractivity contribution in [2.24, 2.45) is 5.41 Å². The first-order chi connectivity index (χ1) is 16.4. The molecule has 1 aromatic heterocycles. The third kappa shape index (κ3) is 6.16. The molecule has 1 aromatic carbocycles. The van der Waals surface area contributed by atoms with Gasteiger partial charge in [-0.25, -0.2) is 9.78 Å². The summed E-state index contributed by atoms with van der Waals surface area (Å²) in [6.07, 6.45) is -2.26. The summed E-state index contributed by atoms with van der Waals surface area (Å²) in [5.74, 6) is -1.11. The highest BCUT2D eigenvalue weighted by atomic mass is 32.1. The number of hydrogen-bond acceptors (Lipinski definition) is 7. The van der Waals surface area contributed by atoms with E-state index < -0.39 is 47.6 Å². The van der Waals surface area contributed by atoms with Gasteiger partial charge in [-0.15, -0.1) is 11.3 Å². The standard InChI is InChI=1S/C24H32N4O6S/c1-13-19(35-12-25-13)15-7-5-14(6-8-15)17(11-29)26-21(31)18-9-16(30)10-28(18)22(32)20(24(2,3)4)27-23(33)34/h5-8,12,16-18,20,27,29-30H,9-11H2,1-4H3,(H,26,31)(H,33,34)/t16-,17-,18+,20-/m1/s1. The Morgan fingerprint density at radius 1 is 1.20 bits per heavy atom. The molecule has 0 unspecified atom stereocenters. The first-order valence-corrected chi connectivity index (χ1v) is 12.2. The number of carboxylic acid groups (broad SMARTS) is 1. The number of aliphatic hydroxyl groups is 2. The van der Waals surface area contributed by atoms with Crippen molar-refractivity contribution in [2.75, 3.05) is 13.2 Å². The molecule has 10 nitrogen and oxygen atoms in total. The average Bonchev–Trinajstić information content (AvgIpc) is 3.40. The third-order valence-corrected chi connectivity index (χ3v) is 7.04. The first kappa shape index (κ1) is 26.6. The number of thiazole rings is 1.